The molecular weight excluding hydrogens is 346 g/mol. The number of anilines is 3. The maximum atomic E-state index is 12.6. The minimum Gasteiger partial charge on any atom is -0.398 e. The number of nitrogen functional groups attached to an aromatic ring is 1. The number of rotatable bonds is 0. The summed E-state index contributed by atoms with van der Waals surface area (Å²) in [4.78, 5) is 24.9. The van der Waals surface area contributed by atoms with E-state index in [0.29, 0.717) is 33.8 Å². The third-order valence-electron chi connectivity index (χ3n) is 3.79. The molecule has 2 heterocycles. The first kappa shape index (κ1) is 13.1. The van der Waals surface area contributed by atoms with Crippen molar-refractivity contribution in [3.63, 3.8) is 0 Å². The Labute approximate surface area is 134 Å². The van der Waals surface area contributed by atoms with Crippen LogP contribution in [0.5, 0.6) is 0 Å². The Morgan fingerprint density at radius 1 is 1.00 bits per heavy atom. The Balaban J connectivity index is 1.93. The van der Waals surface area contributed by atoms with Crippen LogP contribution in [0.2, 0.25) is 0 Å². The molecule has 2 aliphatic heterocycles. The molecule has 2 aromatic carbocycles. The van der Waals surface area contributed by atoms with Crippen molar-refractivity contribution in [1.82, 2.24) is 0 Å². The van der Waals surface area contributed by atoms with Gasteiger partial charge in [0.05, 0.1) is 22.5 Å². The summed E-state index contributed by atoms with van der Waals surface area (Å²) in [6, 6.07) is 10.7. The van der Waals surface area contributed by atoms with Gasteiger partial charge >= 0.3 is 0 Å². The first-order valence-corrected chi connectivity index (χ1v) is 7.41. The van der Waals surface area contributed by atoms with Gasteiger partial charge < -0.3 is 16.4 Å². The molecule has 4 N–H and O–H groups in total. The predicted octanol–water partition coefficient (Wildman–Crippen LogP) is 3.00. The van der Waals surface area contributed by atoms with Gasteiger partial charge in [-0.25, -0.2) is 0 Å². The lowest BCUT2D eigenvalue weighted by molar-refractivity contribution is -0.110. The van der Waals surface area contributed by atoms with E-state index >= 15 is 0 Å². The average molecular weight is 356 g/mol. The average Bonchev–Trinajstić information content (AvgIpc) is 2.96. The first-order chi connectivity index (χ1) is 10.6. The summed E-state index contributed by atoms with van der Waals surface area (Å²) in [5.74, 6) is -0.552. The van der Waals surface area contributed by atoms with Gasteiger partial charge in [-0.3, -0.25) is 9.59 Å². The lowest BCUT2D eigenvalue weighted by Gasteiger charge is -2.03. The van der Waals surface area contributed by atoms with E-state index < -0.39 is 0 Å². The molecule has 2 aromatic rings. The monoisotopic (exact) mass is 355 g/mol. The molecule has 1 amide bonds. The lowest BCUT2D eigenvalue weighted by Crippen LogP contribution is -2.12. The number of allylic oxidation sites excluding steroid dienone is 1. The second-order valence-corrected chi connectivity index (χ2v) is 6.03. The van der Waals surface area contributed by atoms with Crippen LogP contribution in [0.15, 0.2) is 46.6 Å². The smallest absolute Gasteiger partial charge is 0.258 e. The molecule has 22 heavy (non-hydrogen) atoms. The molecule has 2 aliphatic rings. The van der Waals surface area contributed by atoms with E-state index in [9.17, 15) is 9.59 Å². The fourth-order valence-corrected chi connectivity index (χ4v) is 3.17. The summed E-state index contributed by atoms with van der Waals surface area (Å²) in [5.41, 5.74) is 9.34. The quantitative estimate of drug-likeness (QED) is 0.501. The number of carbonyl (C=O) groups excluding carboxylic acids is 2. The number of nitrogens with one attached hydrogen (secondary N) is 2. The molecule has 0 saturated carbocycles. The van der Waals surface area contributed by atoms with Gasteiger partial charge in [-0.2, -0.15) is 0 Å². The summed E-state index contributed by atoms with van der Waals surface area (Å²) in [6.45, 7) is 0. The number of benzene rings is 2. The zero-order valence-electron chi connectivity index (χ0n) is 11.2. The topological polar surface area (TPSA) is 84.2 Å². The van der Waals surface area contributed by atoms with Gasteiger partial charge in [0.15, 0.2) is 0 Å². The number of hydrogen-bond donors (Lipinski definition) is 3. The van der Waals surface area contributed by atoms with Crippen LogP contribution in [0.4, 0.5) is 17.1 Å². The number of fused-ring (bicyclic) bond motifs is 2. The molecule has 0 atom stereocenters. The second-order valence-electron chi connectivity index (χ2n) is 5.12. The van der Waals surface area contributed by atoms with Gasteiger partial charge in [0.1, 0.15) is 5.70 Å². The molecule has 0 aromatic heterocycles. The minimum atomic E-state index is -0.296. The van der Waals surface area contributed by atoms with Gasteiger partial charge in [-0.15, -0.1) is 0 Å². The van der Waals surface area contributed by atoms with Crippen molar-refractivity contribution < 1.29 is 9.59 Å². The zero-order chi connectivity index (χ0) is 15.4. The van der Waals surface area contributed by atoms with E-state index in [-0.39, 0.29) is 17.4 Å². The van der Waals surface area contributed by atoms with Crippen molar-refractivity contribution >= 4 is 50.3 Å². The maximum absolute atomic E-state index is 12.6. The van der Waals surface area contributed by atoms with Crippen LogP contribution in [0, 0.1) is 0 Å². The fraction of sp³-hybridized carbons (Fsp3) is 0. The molecule has 108 valence electrons. The minimum absolute atomic E-state index is 0.256. The Bertz CT molecular complexity index is 902. The number of halogens is 1. The van der Waals surface area contributed by atoms with E-state index in [2.05, 4.69) is 26.6 Å². The van der Waals surface area contributed by atoms with Gasteiger partial charge in [0, 0.05) is 15.7 Å². The Kier molecular flexibility index (Phi) is 2.65. The van der Waals surface area contributed by atoms with Crippen molar-refractivity contribution in [3.8, 4) is 0 Å². The van der Waals surface area contributed by atoms with Crippen molar-refractivity contribution in [3.05, 3.63) is 57.7 Å². The molecule has 0 spiro atoms. The summed E-state index contributed by atoms with van der Waals surface area (Å²) in [6.07, 6.45) is 0. The van der Waals surface area contributed by atoms with E-state index in [1.165, 1.54) is 0 Å². The van der Waals surface area contributed by atoms with Crippen molar-refractivity contribution in [2.45, 2.75) is 0 Å². The predicted molar refractivity (Wildman–Crippen MR) is 88.5 cm³/mol. The third kappa shape index (κ3) is 1.70. The fourth-order valence-electron chi connectivity index (χ4n) is 2.81. The van der Waals surface area contributed by atoms with Crippen LogP contribution in [0.1, 0.15) is 15.9 Å². The summed E-state index contributed by atoms with van der Waals surface area (Å²) < 4.78 is 0.857. The highest BCUT2D eigenvalue weighted by atomic mass is 79.9. The highest BCUT2D eigenvalue weighted by Crippen LogP contribution is 2.40. The summed E-state index contributed by atoms with van der Waals surface area (Å²) in [5, 5.41) is 5.81. The normalized spacial score (nSPS) is 18.8. The molecule has 0 aliphatic carbocycles. The number of hydrogen-bond acceptors (Lipinski definition) is 4. The van der Waals surface area contributed by atoms with Gasteiger partial charge in [0.2, 0.25) is 5.78 Å². The molecule has 5 nitrogen and oxygen atoms in total. The lowest BCUT2D eigenvalue weighted by atomic mass is 10.0. The number of ketones is 1. The van der Waals surface area contributed by atoms with Gasteiger partial charge in [-0.1, -0.05) is 28.1 Å². The van der Waals surface area contributed by atoms with E-state index in [4.69, 9.17) is 5.73 Å². The van der Waals surface area contributed by atoms with Crippen LogP contribution >= 0.6 is 15.9 Å². The first-order valence-electron chi connectivity index (χ1n) is 6.62. The van der Waals surface area contributed by atoms with Crippen molar-refractivity contribution in [2.75, 3.05) is 16.4 Å². The highest BCUT2D eigenvalue weighted by molar-refractivity contribution is 9.10. The van der Waals surface area contributed by atoms with Crippen LogP contribution in [-0.2, 0) is 4.79 Å². The van der Waals surface area contributed by atoms with Gasteiger partial charge in [0.25, 0.3) is 5.91 Å². The van der Waals surface area contributed by atoms with Crippen molar-refractivity contribution in [2.24, 2.45) is 0 Å². The van der Waals surface area contributed by atoms with Crippen LogP contribution in [0.25, 0.3) is 5.57 Å². The molecule has 0 radical (unpaired) electrons. The number of amides is 1. The Hall–Kier alpha value is -2.60. The number of nitrogens with two attached hydrogens (primary N) is 1. The SMILES string of the molecule is Nc1cccc2c1C(=O)/C(=C1/C(=O)Nc3cc(Br)ccc31)N2. The highest BCUT2D eigenvalue weighted by Gasteiger charge is 2.35. The molecule has 0 unspecified atom stereocenters. The number of carbonyl (C=O) groups is 2. The molecule has 0 bridgehead atoms. The zero-order valence-corrected chi connectivity index (χ0v) is 12.8. The second kappa shape index (κ2) is 4.45. The maximum Gasteiger partial charge on any atom is 0.258 e. The molecular formula is C16H10BrN3O2. The number of Topliss-reactive ketones (excluding diaryl/α,β-unsaturated/α-hetero) is 1. The standard InChI is InChI=1S/C16H10BrN3O2/c17-7-4-5-8-11(6-7)20-16(22)12(8)14-15(21)13-9(18)2-1-3-10(13)19-14/h1-6,19H,18H2,(H,20,22)/b14-12-. The van der Waals surface area contributed by atoms with Crippen LogP contribution in [-0.4, -0.2) is 11.7 Å². The Morgan fingerprint density at radius 2 is 1.82 bits per heavy atom. The molecule has 4 rings (SSSR count). The van der Waals surface area contributed by atoms with E-state index in [0.717, 1.165) is 4.47 Å². The largest absolute Gasteiger partial charge is 0.398 e. The Morgan fingerprint density at radius 3 is 2.59 bits per heavy atom. The molecule has 0 saturated heterocycles. The van der Waals surface area contributed by atoms with Gasteiger partial charge in [-0.05, 0) is 24.3 Å². The third-order valence-corrected chi connectivity index (χ3v) is 4.28. The van der Waals surface area contributed by atoms with E-state index in [1.54, 1.807) is 24.3 Å². The van der Waals surface area contributed by atoms with Crippen LogP contribution < -0.4 is 16.4 Å². The van der Waals surface area contributed by atoms with E-state index in [1.807, 2.05) is 12.1 Å². The summed E-state index contributed by atoms with van der Waals surface area (Å²) in [7, 11) is 0. The summed E-state index contributed by atoms with van der Waals surface area (Å²) >= 11 is 3.37. The van der Waals surface area contributed by atoms with Crippen LogP contribution in [0.3, 0.4) is 0 Å². The molecule has 0 fully saturated rings. The molecule has 6 heteroatoms. The van der Waals surface area contributed by atoms with Crippen molar-refractivity contribution in [1.29, 1.82) is 0 Å².